The second kappa shape index (κ2) is 7.28. The molecule has 4 heteroatoms. The van der Waals surface area contributed by atoms with Crippen molar-refractivity contribution in [3.63, 3.8) is 0 Å². The van der Waals surface area contributed by atoms with Crippen LogP contribution < -0.4 is 5.32 Å². The number of carbonyl (C=O) groups excluding carboxylic acids is 2. The van der Waals surface area contributed by atoms with Crippen LogP contribution in [0, 0.1) is 11.8 Å². The molecule has 1 heterocycles. The molecule has 0 bridgehead atoms. The minimum atomic E-state index is -0.306. The number of hydrogen-bond donors (Lipinski definition) is 1. The molecule has 2 rings (SSSR count). The fourth-order valence-corrected chi connectivity index (χ4v) is 3.83. The average molecular weight is 294 g/mol. The summed E-state index contributed by atoms with van der Waals surface area (Å²) in [6, 6.07) is -0.0223. The molecule has 1 saturated heterocycles. The largest absolute Gasteiger partial charge is 0.343 e. The maximum Gasteiger partial charge on any atom is 0.245 e. The molecule has 2 aliphatic rings. The van der Waals surface area contributed by atoms with E-state index in [0.717, 1.165) is 25.2 Å². The van der Waals surface area contributed by atoms with Crippen molar-refractivity contribution in [3.05, 3.63) is 0 Å². The maximum absolute atomic E-state index is 12.6. The lowest BCUT2D eigenvalue weighted by Gasteiger charge is -2.41. The van der Waals surface area contributed by atoms with Gasteiger partial charge in [-0.25, -0.2) is 0 Å². The van der Waals surface area contributed by atoms with Gasteiger partial charge in [0.15, 0.2) is 0 Å². The number of rotatable bonds is 5. The molecule has 1 aliphatic heterocycles. The number of hydrogen-bond acceptors (Lipinski definition) is 2. The highest BCUT2D eigenvalue weighted by Crippen LogP contribution is 2.31. The Kier molecular flexibility index (Phi) is 5.65. The van der Waals surface area contributed by atoms with E-state index in [1.165, 1.54) is 25.7 Å². The number of nitrogens with zero attached hydrogens (tertiary/aromatic N) is 1. The second-order valence-corrected chi connectivity index (χ2v) is 7.18. The highest BCUT2D eigenvalue weighted by molar-refractivity contribution is 5.95. The van der Waals surface area contributed by atoms with Crippen molar-refractivity contribution < 1.29 is 9.59 Å². The molecule has 0 spiro atoms. The Labute approximate surface area is 128 Å². The molecular formula is C17H30N2O2. The molecule has 1 aliphatic carbocycles. The van der Waals surface area contributed by atoms with Crippen molar-refractivity contribution in [2.75, 3.05) is 6.54 Å². The summed E-state index contributed by atoms with van der Waals surface area (Å²) in [6.07, 6.45) is 7.84. The van der Waals surface area contributed by atoms with Gasteiger partial charge >= 0.3 is 0 Å². The van der Waals surface area contributed by atoms with Crippen LogP contribution in [0.2, 0.25) is 0 Å². The summed E-state index contributed by atoms with van der Waals surface area (Å²) in [7, 11) is 0. The molecule has 0 aromatic heterocycles. The summed E-state index contributed by atoms with van der Waals surface area (Å²) < 4.78 is 0. The normalized spacial score (nSPS) is 30.7. The van der Waals surface area contributed by atoms with E-state index in [0.29, 0.717) is 5.92 Å². The molecule has 120 valence electrons. The van der Waals surface area contributed by atoms with Crippen LogP contribution in [0.15, 0.2) is 0 Å². The zero-order valence-corrected chi connectivity index (χ0v) is 13.7. The number of amides is 2. The van der Waals surface area contributed by atoms with Crippen LogP contribution in [0.1, 0.15) is 65.7 Å². The van der Waals surface area contributed by atoms with Crippen LogP contribution in [-0.2, 0) is 9.59 Å². The summed E-state index contributed by atoms with van der Waals surface area (Å²) in [6.45, 7) is 6.68. The van der Waals surface area contributed by atoms with Crippen molar-refractivity contribution in [2.45, 2.75) is 77.8 Å². The predicted molar refractivity (Wildman–Crippen MR) is 83.8 cm³/mol. The van der Waals surface area contributed by atoms with E-state index in [2.05, 4.69) is 26.1 Å². The van der Waals surface area contributed by atoms with E-state index in [1.807, 2.05) is 4.90 Å². The fourth-order valence-electron chi connectivity index (χ4n) is 3.83. The first-order valence-electron chi connectivity index (χ1n) is 8.61. The lowest BCUT2D eigenvalue weighted by Crippen LogP contribution is -2.61. The first kappa shape index (κ1) is 16.3. The van der Waals surface area contributed by atoms with Gasteiger partial charge in [-0.2, -0.15) is 0 Å². The molecule has 21 heavy (non-hydrogen) atoms. The van der Waals surface area contributed by atoms with Gasteiger partial charge in [-0.15, -0.1) is 0 Å². The van der Waals surface area contributed by atoms with Crippen molar-refractivity contribution in [3.8, 4) is 0 Å². The topological polar surface area (TPSA) is 49.4 Å². The zero-order valence-electron chi connectivity index (χ0n) is 13.7. The molecule has 0 aromatic rings. The lowest BCUT2D eigenvalue weighted by atomic mass is 9.82. The van der Waals surface area contributed by atoms with E-state index >= 15 is 0 Å². The van der Waals surface area contributed by atoms with Gasteiger partial charge in [0.25, 0.3) is 0 Å². The highest BCUT2D eigenvalue weighted by Gasteiger charge is 2.37. The van der Waals surface area contributed by atoms with Gasteiger partial charge in [-0.1, -0.05) is 33.6 Å². The molecular weight excluding hydrogens is 264 g/mol. The van der Waals surface area contributed by atoms with Gasteiger partial charge in [0.2, 0.25) is 11.8 Å². The minimum absolute atomic E-state index is 0.0101. The van der Waals surface area contributed by atoms with Crippen molar-refractivity contribution in [2.24, 2.45) is 11.8 Å². The standard InChI is InChI=1S/C17H30N2O2/c1-4-5-13-6-8-14(9-7-13)19-11-16(20)18-15(17(19)21)10-12(2)3/h12-15H,4-11H2,1-3H3,(H,18,20). The summed E-state index contributed by atoms with van der Waals surface area (Å²) in [4.78, 5) is 26.4. The van der Waals surface area contributed by atoms with E-state index in [-0.39, 0.29) is 30.4 Å². The van der Waals surface area contributed by atoms with E-state index in [1.54, 1.807) is 0 Å². The van der Waals surface area contributed by atoms with Crippen molar-refractivity contribution in [1.82, 2.24) is 10.2 Å². The third-order valence-electron chi connectivity index (χ3n) is 4.89. The third-order valence-corrected chi connectivity index (χ3v) is 4.89. The Morgan fingerprint density at radius 1 is 1.19 bits per heavy atom. The predicted octanol–water partition coefficient (Wildman–Crippen LogP) is 2.72. The molecule has 2 fully saturated rings. The van der Waals surface area contributed by atoms with Crippen molar-refractivity contribution >= 4 is 11.8 Å². The Morgan fingerprint density at radius 2 is 1.86 bits per heavy atom. The Hall–Kier alpha value is -1.06. The molecule has 0 radical (unpaired) electrons. The molecule has 1 N–H and O–H groups in total. The summed E-state index contributed by atoms with van der Waals surface area (Å²) in [5, 5.41) is 2.87. The monoisotopic (exact) mass is 294 g/mol. The quantitative estimate of drug-likeness (QED) is 0.847. The Bertz CT molecular complexity index is 373. The van der Waals surface area contributed by atoms with Crippen LogP contribution in [0.5, 0.6) is 0 Å². The van der Waals surface area contributed by atoms with E-state index in [9.17, 15) is 9.59 Å². The fraction of sp³-hybridized carbons (Fsp3) is 0.882. The first-order chi connectivity index (χ1) is 10.0. The SMILES string of the molecule is CCCC1CCC(N2CC(=O)NC(CC(C)C)C2=O)CC1. The smallest absolute Gasteiger partial charge is 0.245 e. The van der Waals surface area contributed by atoms with Crippen LogP contribution in [0.25, 0.3) is 0 Å². The molecule has 0 aromatic carbocycles. The minimum Gasteiger partial charge on any atom is -0.343 e. The highest BCUT2D eigenvalue weighted by atomic mass is 16.2. The van der Waals surface area contributed by atoms with Gasteiger partial charge in [-0.3, -0.25) is 9.59 Å². The van der Waals surface area contributed by atoms with Gasteiger partial charge in [-0.05, 0) is 43.9 Å². The van der Waals surface area contributed by atoms with Crippen LogP contribution >= 0.6 is 0 Å². The Balaban J connectivity index is 1.95. The number of carbonyl (C=O) groups is 2. The van der Waals surface area contributed by atoms with Gasteiger partial charge in [0.05, 0.1) is 6.54 Å². The van der Waals surface area contributed by atoms with E-state index < -0.39 is 0 Å². The molecule has 1 saturated carbocycles. The maximum atomic E-state index is 12.6. The van der Waals surface area contributed by atoms with E-state index in [4.69, 9.17) is 0 Å². The molecule has 2 amide bonds. The third kappa shape index (κ3) is 4.21. The van der Waals surface area contributed by atoms with Crippen LogP contribution in [-0.4, -0.2) is 35.3 Å². The summed E-state index contributed by atoms with van der Waals surface area (Å²) >= 11 is 0. The first-order valence-corrected chi connectivity index (χ1v) is 8.61. The number of piperazine rings is 1. The lowest BCUT2D eigenvalue weighted by molar-refractivity contribution is -0.148. The van der Waals surface area contributed by atoms with Crippen molar-refractivity contribution in [1.29, 1.82) is 0 Å². The van der Waals surface area contributed by atoms with Crippen LogP contribution in [0.3, 0.4) is 0 Å². The average Bonchev–Trinajstić information content (AvgIpc) is 2.43. The summed E-state index contributed by atoms with van der Waals surface area (Å²) in [5.41, 5.74) is 0. The second-order valence-electron chi connectivity index (χ2n) is 7.18. The van der Waals surface area contributed by atoms with Gasteiger partial charge in [0.1, 0.15) is 6.04 Å². The zero-order chi connectivity index (χ0) is 15.4. The van der Waals surface area contributed by atoms with Gasteiger partial charge in [0, 0.05) is 6.04 Å². The molecule has 1 unspecified atom stereocenters. The Morgan fingerprint density at radius 3 is 2.43 bits per heavy atom. The van der Waals surface area contributed by atoms with Crippen LogP contribution in [0.4, 0.5) is 0 Å². The van der Waals surface area contributed by atoms with Gasteiger partial charge < -0.3 is 10.2 Å². The molecule has 4 nitrogen and oxygen atoms in total. The summed E-state index contributed by atoms with van der Waals surface area (Å²) in [5.74, 6) is 1.39. The number of nitrogens with one attached hydrogen (secondary N) is 1. The molecule has 1 atom stereocenters.